The van der Waals surface area contributed by atoms with Crippen LogP contribution < -0.4 is 5.32 Å². The zero-order chi connectivity index (χ0) is 18.7. The van der Waals surface area contributed by atoms with Gasteiger partial charge >= 0.3 is 0 Å². The van der Waals surface area contributed by atoms with Crippen molar-refractivity contribution in [3.63, 3.8) is 0 Å². The summed E-state index contributed by atoms with van der Waals surface area (Å²) in [5.74, 6) is 0.781. The van der Waals surface area contributed by atoms with Crippen LogP contribution >= 0.6 is 12.4 Å². The highest BCUT2D eigenvalue weighted by Gasteiger charge is 2.34. The van der Waals surface area contributed by atoms with Gasteiger partial charge in [0.05, 0.1) is 0 Å². The van der Waals surface area contributed by atoms with Crippen LogP contribution in [0.2, 0.25) is 0 Å². The summed E-state index contributed by atoms with van der Waals surface area (Å²) in [5.41, 5.74) is 1.75. The van der Waals surface area contributed by atoms with Crippen molar-refractivity contribution in [2.24, 2.45) is 5.92 Å². The average molecular weight is 394 g/mol. The van der Waals surface area contributed by atoms with E-state index in [2.05, 4.69) is 5.32 Å². The first-order valence-corrected chi connectivity index (χ1v) is 9.80. The molecule has 27 heavy (non-hydrogen) atoms. The quantitative estimate of drug-likeness (QED) is 0.808. The first-order chi connectivity index (χ1) is 12.5. The number of piperidine rings is 1. The number of carbonyl (C=O) groups is 2. The van der Waals surface area contributed by atoms with Crippen LogP contribution in [0.4, 0.5) is 0 Å². The molecule has 2 saturated heterocycles. The second-order valence-electron chi connectivity index (χ2n) is 7.98. The molecule has 5 nitrogen and oxygen atoms in total. The van der Waals surface area contributed by atoms with Gasteiger partial charge in [0.15, 0.2) is 0 Å². The van der Waals surface area contributed by atoms with E-state index in [1.54, 1.807) is 19.0 Å². The van der Waals surface area contributed by atoms with Crippen LogP contribution in [0.1, 0.15) is 54.9 Å². The van der Waals surface area contributed by atoms with Gasteiger partial charge in [-0.25, -0.2) is 0 Å². The molecule has 1 N–H and O–H groups in total. The van der Waals surface area contributed by atoms with Gasteiger partial charge in [0.25, 0.3) is 5.91 Å². The Balaban J connectivity index is 0.00000261. The zero-order valence-electron chi connectivity index (χ0n) is 16.6. The summed E-state index contributed by atoms with van der Waals surface area (Å²) in [6.07, 6.45) is 5.48. The average Bonchev–Trinajstić information content (AvgIpc) is 2.97. The molecule has 6 heteroatoms. The maximum absolute atomic E-state index is 12.8. The Morgan fingerprint density at radius 3 is 2.19 bits per heavy atom. The van der Waals surface area contributed by atoms with E-state index in [0.29, 0.717) is 36.5 Å². The standard InChI is InChI=1S/C21H31N3O2.ClH/c1-4-24(14-15-5-7-17(8-6-15)21(26)23(2)3)20(25)13-16-11-18-9-10-19(12-16)22-18;/h5-8,16,18-19,22H,4,9-14H2,1-3H3;1H. The number of hydrogen-bond acceptors (Lipinski definition) is 3. The molecule has 1 aromatic rings. The van der Waals surface area contributed by atoms with E-state index in [-0.39, 0.29) is 24.2 Å². The highest BCUT2D eigenvalue weighted by molar-refractivity contribution is 5.93. The minimum absolute atomic E-state index is 0. The molecule has 1 aromatic carbocycles. The van der Waals surface area contributed by atoms with Gasteiger partial charge in [-0.1, -0.05) is 12.1 Å². The van der Waals surface area contributed by atoms with E-state index in [0.717, 1.165) is 24.9 Å². The maximum Gasteiger partial charge on any atom is 0.253 e. The Labute approximate surface area is 168 Å². The molecule has 2 fully saturated rings. The van der Waals surface area contributed by atoms with Gasteiger partial charge in [0.2, 0.25) is 5.91 Å². The summed E-state index contributed by atoms with van der Waals surface area (Å²) in [4.78, 5) is 28.3. The number of amides is 2. The highest BCUT2D eigenvalue weighted by atomic mass is 35.5. The lowest BCUT2D eigenvalue weighted by Gasteiger charge is -2.30. The predicted molar refractivity (Wildman–Crippen MR) is 110 cm³/mol. The van der Waals surface area contributed by atoms with Crippen LogP contribution in [0.25, 0.3) is 0 Å². The zero-order valence-corrected chi connectivity index (χ0v) is 17.4. The van der Waals surface area contributed by atoms with E-state index >= 15 is 0 Å². The molecule has 2 bridgehead atoms. The molecule has 2 aliphatic heterocycles. The number of nitrogens with one attached hydrogen (secondary N) is 1. The molecule has 150 valence electrons. The normalized spacial score (nSPS) is 23.4. The largest absolute Gasteiger partial charge is 0.345 e. The SMILES string of the molecule is CCN(Cc1ccc(C(=O)N(C)C)cc1)C(=O)CC1CC2CCC(C1)N2.Cl. The second kappa shape index (κ2) is 9.56. The number of halogens is 1. The summed E-state index contributed by atoms with van der Waals surface area (Å²) in [5, 5.41) is 3.64. The van der Waals surface area contributed by atoms with Crippen molar-refractivity contribution in [1.82, 2.24) is 15.1 Å². The van der Waals surface area contributed by atoms with E-state index in [9.17, 15) is 9.59 Å². The Morgan fingerprint density at radius 1 is 1.07 bits per heavy atom. The predicted octanol–water partition coefficient (Wildman–Crippen LogP) is 3.08. The minimum Gasteiger partial charge on any atom is -0.345 e. The molecule has 0 aromatic heterocycles. The fourth-order valence-electron chi connectivity index (χ4n) is 4.33. The summed E-state index contributed by atoms with van der Waals surface area (Å²) in [7, 11) is 3.50. The smallest absolute Gasteiger partial charge is 0.253 e. The van der Waals surface area contributed by atoms with E-state index in [4.69, 9.17) is 0 Å². The number of rotatable bonds is 6. The molecular formula is C21H32ClN3O2. The molecule has 2 heterocycles. The van der Waals surface area contributed by atoms with Crippen molar-refractivity contribution in [1.29, 1.82) is 0 Å². The van der Waals surface area contributed by atoms with Crippen molar-refractivity contribution in [2.75, 3.05) is 20.6 Å². The van der Waals surface area contributed by atoms with E-state index < -0.39 is 0 Å². The third kappa shape index (κ3) is 5.45. The molecule has 0 saturated carbocycles. The lowest BCUT2D eigenvalue weighted by Crippen LogP contribution is -2.40. The van der Waals surface area contributed by atoms with Crippen molar-refractivity contribution in [2.45, 2.75) is 57.7 Å². The van der Waals surface area contributed by atoms with Crippen LogP contribution in [0.15, 0.2) is 24.3 Å². The Bertz CT molecular complexity index is 635. The Morgan fingerprint density at radius 2 is 1.67 bits per heavy atom. The van der Waals surface area contributed by atoms with Crippen molar-refractivity contribution < 1.29 is 9.59 Å². The lowest BCUT2D eigenvalue weighted by molar-refractivity contribution is -0.132. The fraction of sp³-hybridized carbons (Fsp3) is 0.619. The molecule has 3 rings (SSSR count). The topological polar surface area (TPSA) is 52.7 Å². The summed E-state index contributed by atoms with van der Waals surface area (Å²) in [6, 6.07) is 8.86. The monoisotopic (exact) mass is 393 g/mol. The second-order valence-corrected chi connectivity index (χ2v) is 7.98. The van der Waals surface area contributed by atoms with E-state index in [1.165, 1.54) is 12.8 Å². The van der Waals surface area contributed by atoms with Gasteiger partial charge < -0.3 is 15.1 Å². The summed E-state index contributed by atoms with van der Waals surface area (Å²) in [6.45, 7) is 3.37. The minimum atomic E-state index is 0. The maximum atomic E-state index is 12.8. The first-order valence-electron chi connectivity index (χ1n) is 9.80. The molecule has 2 atom stereocenters. The van der Waals surface area contributed by atoms with Crippen molar-refractivity contribution >= 4 is 24.2 Å². The number of carbonyl (C=O) groups excluding carboxylic acids is 2. The lowest BCUT2D eigenvalue weighted by atomic mass is 9.89. The van der Waals surface area contributed by atoms with Crippen LogP contribution in [-0.4, -0.2) is 54.3 Å². The number of fused-ring (bicyclic) bond motifs is 2. The number of benzene rings is 1. The van der Waals surface area contributed by atoms with Gasteiger partial charge in [-0.15, -0.1) is 12.4 Å². The third-order valence-electron chi connectivity index (χ3n) is 5.75. The van der Waals surface area contributed by atoms with Crippen LogP contribution in [0.3, 0.4) is 0 Å². The molecular weight excluding hydrogens is 362 g/mol. The van der Waals surface area contributed by atoms with Gasteiger partial charge in [0, 0.05) is 51.3 Å². The summed E-state index contributed by atoms with van der Waals surface area (Å²) >= 11 is 0. The van der Waals surface area contributed by atoms with Gasteiger partial charge in [-0.3, -0.25) is 9.59 Å². The Kier molecular flexibility index (Phi) is 7.68. The third-order valence-corrected chi connectivity index (χ3v) is 5.75. The molecule has 2 aliphatic rings. The number of hydrogen-bond donors (Lipinski definition) is 1. The first kappa shape index (κ1) is 21.7. The fourth-order valence-corrected chi connectivity index (χ4v) is 4.33. The van der Waals surface area contributed by atoms with Gasteiger partial charge in [-0.2, -0.15) is 0 Å². The van der Waals surface area contributed by atoms with Crippen LogP contribution in [-0.2, 0) is 11.3 Å². The summed E-state index contributed by atoms with van der Waals surface area (Å²) < 4.78 is 0. The van der Waals surface area contributed by atoms with Crippen LogP contribution in [0, 0.1) is 5.92 Å². The molecule has 0 radical (unpaired) electrons. The van der Waals surface area contributed by atoms with Gasteiger partial charge in [0.1, 0.15) is 0 Å². The van der Waals surface area contributed by atoms with Crippen molar-refractivity contribution in [3.8, 4) is 0 Å². The molecule has 2 unspecified atom stereocenters. The van der Waals surface area contributed by atoms with Crippen LogP contribution in [0.5, 0.6) is 0 Å². The highest BCUT2D eigenvalue weighted by Crippen LogP contribution is 2.33. The number of nitrogens with zero attached hydrogens (tertiary/aromatic N) is 2. The molecule has 0 aliphatic carbocycles. The van der Waals surface area contributed by atoms with Gasteiger partial charge in [-0.05, 0) is 56.2 Å². The van der Waals surface area contributed by atoms with Crippen molar-refractivity contribution in [3.05, 3.63) is 35.4 Å². The molecule has 0 spiro atoms. The Hall–Kier alpha value is -1.59. The van der Waals surface area contributed by atoms with E-state index in [1.807, 2.05) is 36.1 Å². The molecule has 2 amide bonds.